The predicted octanol–water partition coefficient (Wildman–Crippen LogP) is 3.39. The van der Waals surface area contributed by atoms with Crippen LogP contribution in [0.1, 0.15) is 56.2 Å². The summed E-state index contributed by atoms with van der Waals surface area (Å²) in [4.78, 5) is 0. The van der Waals surface area contributed by atoms with Gasteiger partial charge in [0, 0.05) is 5.69 Å². The monoisotopic (exact) mass is 202 g/mol. The number of nitrogens with zero attached hydrogens (tertiary/aromatic N) is 1. The number of benzene rings is 1. The second-order valence-electron chi connectivity index (χ2n) is 4.45. The van der Waals surface area contributed by atoms with E-state index in [-0.39, 0.29) is 0 Å². The molecule has 0 aromatic heterocycles. The van der Waals surface area contributed by atoms with E-state index in [0.29, 0.717) is 17.4 Å². The summed E-state index contributed by atoms with van der Waals surface area (Å²) in [6, 6.07) is 6.04. The summed E-state index contributed by atoms with van der Waals surface area (Å²) in [5.41, 5.74) is 9.73. The first-order valence-electron chi connectivity index (χ1n) is 5.31. The minimum Gasteiger partial charge on any atom is -0.398 e. The highest BCUT2D eigenvalue weighted by Gasteiger charge is 2.15. The molecular weight excluding hydrogens is 184 g/mol. The van der Waals surface area contributed by atoms with Crippen molar-refractivity contribution in [3.8, 4) is 6.07 Å². The summed E-state index contributed by atoms with van der Waals surface area (Å²) in [5.74, 6) is 0.689. The molecule has 0 atom stereocenters. The molecule has 2 nitrogen and oxygen atoms in total. The van der Waals surface area contributed by atoms with Gasteiger partial charge in [-0.3, -0.25) is 0 Å². The molecule has 0 aliphatic carbocycles. The molecule has 15 heavy (non-hydrogen) atoms. The summed E-state index contributed by atoms with van der Waals surface area (Å²) in [5, 5.41) is 9.02. The number of nitriles is 1. The maximum absolute atomic E-state index is 9.02. The molecule has 1 aromatic rings. The molecule has 0 saturated carbocycles. The molecule has 0 unspecified atom stereocenters. The van der Waals surface area contributed by atoms with E-state index < -0.39 is 0 Å². The summed E-state index contributed by atoms with van der Waals surface area (Å²) >= 11 is 0. The number of hydrogen-bond acceptors (Lipinski definition) is 2. The van der Waals surface area contributed by atoms with Gasteiger partial charge in [0.05, 0.1) is 11.6 Å². The Labute approximate surface area is 91.7 Å². The number of nitrogens with two attached hydrogens (primary N) is 1. The van der Waals surface area contributed by atoms with Gasteiger partial charge in [-0.1, -0.05) is 33.8 Å². The smallest absolute Gasteiger partial charge is 0.0995 e. The Balaban J connectivity index is 3.44. The van der Waals surface area contributed by atoms with Crippen LogP contribution in [0.4, 0.5) is 5.69 Å². The molecule has 0 radical (unpaired) electrons. The zero-order chi connectivity index (χ0) is 11.6. The van der Waals surface area contributed by atoms with Crippen molar-refractivity contribution in [3.63, 3.8) is 0 Å². The normalized spacial score (nSPS) is 10.7. The Morgan fingerprint density at radius 3 is 2.13 bits per heavy atom. The van der Waals surface area contributed by atoms with Crippen molar-refractivity contribution >= 4 is 5.69 Å². The first-order valence-corrected chi connectivity index (χ1v) is 5.31. The van der Waals surface area contributed by atoms with Gasteiger partial charge in [-0.2, -0.15) is 5.26 Å². The number of nitrogen functional groups attached to an aromatic ring is 1. The van der Waals surface area contributed by atoms with E-state index in [9.17, 15) is 0 Å². The minimum absolute atomic E-state index is 0.290. The maximum atomic E-state index is 9.02. The van der Waals surface area contributed by atoms with Crippen LogP contribution in [0.2, 0.25) is 0 Å². The number of rotatable bonds is 2. The first-order chi connectivity index (χ1) is 6.99. The van der Waals surface area contributed by atoms with Crippen LogP contribution in [0.3, 0.4) is 0 Å². The number of anilines is 1. The first kappa shape index (κ1) is 11.6. The van der Waals surface area contributed by atoms with Crippen LogP contribution in [-0.2, 0) is 0 Å². The zero-order valence-corrected chi connectivity index (χ0v) is 9.83. The molecule has 0 saturated heterocycles. The third kappa shape index (κ3) is 2.12. The van der Waals surface area contributed by atoms with Crippen LogP contribution in [0.15, 0.2) is 12.1 Å². The van der Waals surface area contributed by atoms with E-state index >= 15 is 0 Å². The van der Waals surface area contributed by atoms with Crippen molar-refractivity contribution < 1.29 is 0 Å². The van der Waals surface area contributed by atoms with Crippen LogP contribution in [-0.4, -0.2) is 0 Å². The van der Waals surface area contributed by atoms with E-state index in [1.807, 2.05) is 12.1 Å². The van der Waals surface area contributed by atoms with E-state index in [4.69, 9.17) is 11.0 Å². The van der Waals surface area contributed by atoms with Crippen LogP contribution < -0.4 is 5.73 Å². The molecule has 1 aromatic carbocycles. The molecule has 0 bridgehead atoms. The highest BCUT2D eigenvalue weighted by atomic mass is 14.6. The topological polar surface area (TPSA) is 49.8 Å². The quantitative estimate of drug-likeness (QED) is 0.747. The van der Waals surface area contributed by atoms with Gasteiger partial charge in [0.25, 0.3) is 0 Å². The van der Waals surface area contributed by atoms with Crippen LogP contribution in [0, 0.1) is 11.3 Å². The SMILES string of the molecule is CC(C)c1ccc(C#N)c(C(C)C)c1N. The van der Waals surface area contributed by atoms with Crippen molar-refractivity contribution in [3.05, 3.63) is 28.8 Å². The Hall–Kier alpha value is -1.49. The summed E-state index contributed by atoms with van der Waals surface area (Å²) < 4.78 is 0. The average Bonchev–Trinajstić information content (AvgIpc) is 2.15. The average molecular weight is 202 g/mol. The highest BCUT2D eigenvalue weighted by molar-refractivity contribution is 5.62. The lowest BCUT2D eigenvalue weighted by molar-refractivity contribution is 0.837. The van der Waals surface area contributed by atoms with Gasteiger partial charge >= 0.3 is 0 Å². The molecular formula is C13H18N2. The fourth-order valence-corrected chi connectivity index (χ4v) is 1.88. The van der Waals surface area contributed by atoms with Gasteiger partial charge < -0.3 is 5.73 Å². The van der Waals surface area contributed by atoms with Gasteiger partial charge in [0.2, 0.25) is 0 Å². The van der Waals surface area contributed by atoms with E-state index in [2.05, 4.69) is 33.8 Å². The Morgan fingerprint density at radius 1 is 1.13 bits per heavy atom. The molecule has 1 rings (SSSR count). The van der Waals surface area contributed by atoms with Gasteiger partial charge in [0.1, 0.15) is 0 Å². The van der Waals surface area contributed by atoms with Crippen LogP contribution in [0.5, 0.6) is 0 Å². The van der Waals surface area contributed by atoms with E-state index in [0.717, 1.165) is 16.8 Å². The van der Waals surface area contributed by atoms with Gasteiger partial charge in [-0.25, -0.2) is 0 Å². The van der Waals surface area contributed by atoms with Gasteiger partial charge in [0.15, 0.2) is 0 Å². The van der Waals surface area contributed by atoms with Gasteiger partial charge in [-0.05, 0) is 29.0 Å². The summed E-state index contributed by atoms with van der Waals surface area (Å²) in [6.45, 7) is 8.36. The Morgan fingerprint density at radius 2 is 1.73 bits per heavy atom. The highest BCUT2D eigenvalue weighted by Crippen LogP contribution is 2.32. The van der Waals surface area contributed by atoms with Crippen LogP contribution in [0.25, 0.3) is 0 Å². The molecule has 0 aliphatic rings. The van der Waals surface area contributed by atoms with E-state index in [1.54, 1.807) is 0 Å². The zero-order valence-electron chi connectivity index (χ0n) is 9.83. The number of hydrogen-bond donors (Lipinski definition) is 1. The van der Waals surface area contributed by atoms with Crippen molar-refractivity contribution in [2.75, 3.05) is 5.73 Å². The van der Waals surface area contributed by atoms with Gasteiger partial charge in [-0.15, -0.1) is 0 Å². The summed E-state index contributed by atoms with van der Waals surface area (Å²) in [6.07, 6.45) is 0. The molecule has 0 aliphatic heterocycles. The lowest BCUT2D eigenvalue weighted by atomic mass is 9.89. The fourth-order valence-electron chi connectivity index (χ4n) is 1.88. The second kappa shape index (κ2) is 4.35. The standard InChI is InChI=1S/C13H18N2/c1-8(2)11-6-5-10(7-14)12(9(3)4)13(11)15/h5-6,8-9H,15H2,1-4H3. The van der Waals surface area contributed by atoms with Crippen molar-refractivity contribution in [2.24, 2.45) is 0 Å². The third-order valence-corrected chi connectivity index (χ3v) is 2.64. The molecule has 2 N–H and O–H groups in total. The van der Waals surface area contributed by atoms with Crippen molar-refractivity contribution in [2.45, 2.75) is 39.5 Å². The minimum atomic E-state index is 0.290. The third-order valence-electron chi connectivity index (χ3n) is 2.64. The molecule has 80 valence electrons. The van der Waals surface area contributed by atoms with Crippen molar-refractivity contribution in [1.29, 1.82) is 5.26 Å². The maximum Gasteiger partial charge on any atom is 0.0995 e. The Bertz CT molecular complexity index is 398. The lowest BCUT2D eigenvalue weighted by Gasteiger charge is -2.17. The lowest BCUT2D eigenvalue weighted by Crippen LogP contribution is -2.05. The molecule has 0 amide bonds. The Kier molecular flexibility index (Phi) is 3.36. The second-order valence-corrected chi connectivity index (χ2v) is 4.45. The van der Waals surface area contributed by atoms with Crippen LogP contribution >= 0.6 is 0 Å². The predicted molar refractivity (Wildman–Crippen MR) is 63.7 cm³/mol. The molecule has 0 spiro atoms. The van der Waals surface area contributed by atoms with E-state index in [1.165, 1.54) is 0 Å². The molecule has 0 fully saturated rings. The molecule has 0 heterocycles. The largest absolute Gasteiger partial charge is 0.398 e. The summed E-state index contributed by atoms with van der Waals surface area (Å²) in [7, 11) is 0. The fraction of sp³-hybridized carbons (Fsp3) is 0.462. The molecule has 2 heteroatoms. The van der Waals surface area contributed by atoms with Crippen molar-refractivity contribution in [1.82, 2.24) is 0 Å².